The van der Waals surface area contributed by atoms with Crippen molar-refractivity contribution in [3.63, 3.8) is 0 Å². The zero-order valence-corrected chi connectivity index (χ0v) is 21.1. The van der Waals surface area contributed by atoms with Gasteiger partial charge in [-0.25, -0.2) is 0 Å². The number of para-hydroxylation sites is 2. The predicted octanol–water partition coefficient (Wildman–Crippen LogP) is 9.55. The number of benzene rings is 4. The van der Waals surface area contributed by atoms with Crippen molar-refractivity contribution in [1.29, 1.82) is 0 Å². The molecule has 0 aromatic heterocycles. The highest BCUT2D eigenvalue weighted by atomic mass is 15.2. The van der Waals surface area contributed by atoms with E-state index in [0.717, 1.165) is 23.5 Å². The SMILES string of the molecule is Cc1ccc(N(C2=CC[C@H]2C(C)(C)C)c2ccc(N(c3ccccc3)c3ccccc3)cc2)cc1. The lowest BCUT2D eigenvalue weighted by molar-refractivity contribution is 0.256. The van der Waals surface area contributed by atoms with Gasteiger partial charge in [-0.3, -0.25) is 0 Å². The maximum Gasteiger partial charge on any atom is 0.0463 e. The molecule has 0 saturated heterocycles. The molecule has 2 nitrogen and oxygen atoms in total. The minimum absolute atomic E-state index is 0.227. The minimum atomic E-state index is 0.227. The first-order valence-electron chi connectivity index (χ1n) is 12.5. The number of nitrogens with zero attached hydrogens (tertiary/aromatic N) is 2. The molecule has 0 bridgehead atoms. The molecule has 176 valence electrons. The Bertz CT molecular complexity index is 1240. The first kappa shape index (κ1) is 23.0. The number of hydrogen-bond acceptors (Lipinski definition) is 2. The highest BCUT2D eigenvalue weighted by molar-refractivity contribution is 5.79. The fourth-order valence-corrected chi connectivity index (χ4v) is 4.88. The minimum Gasteiger partial charge on any atom is -0.314 e. The van der Waals surface area contributed by atoms with Crippen LogP contribution in [-0.2, 0) is 0 Å². The van der Waals surface area contributed by atoms with Crippen LogP contribution in [0.4, 0.5) is 28.4 Å². The van der Waals surface area contributed by atoms with Crippen molar-refractivity contribution in [2.75, 3.05) is 9.80 Å². The van der Waals surface area contributed by atoms with E-state index in [1.807, 2.05) is 0 Å². The highest BCUT2D eigenvalue weighted by Gasteiger charge is 2.36. The van der Waals surface area contributed by atoms with E-state index in [4.69, 9.17) is 0 Å². The van der Waals surface area contributed by atoms with Gasteiger partial charge >= 0.3 is 0 Å². The van der Waals surface area contributed by atoms with Crippen LogP contribution in [0.5, 0.6) is 0 Å². The van der Waals surface area contributed by atoms with Gasteiger partial charge in [0.25, 0.3) is 0 Å². The van der Waals surface area contributed by atoms with Crippen LogP contribution in [0.2, 0.25) is 0 Å². The van der Waals surface area contributed by atoms with Crippen molar-refractivity contribution < 1.29 is 0 Å². The average molecular weight is 459 g/mol. The summed E-state index contributed by atoms with van der Waals surface area (Å²) in [5.74, 6) is 0.536. The van der Waals surface area contributed by atoms with E-state index in [0.29, 0.717) is 5.92 Å². The third-order valence-electron chi connectivity index (χ3n) is 6.91. The largest absolute Gasteiger partial charge is 0.314 e. The molecule has 0 heterocycles. The molecule has 1 atom stereocenters. The van der Waals surface area contributed by atoms with Crippen molar-refractivity contribution in [2.24, 2.45) is 11.3 Å². The van der Waals surface area contributed by atoms with Gasteiger partial charge in [-0.05, 0) is 79.4 Å². The van der Waals surface area contributed by atoms with Crippen LogP contribution in [0.3, 0.4) is 0 Å². The van der Waals surface area contributed by atoms with Gasteiger partial charge < -0.3 is 9.80 Å². The number of anilines is 5. The third-order valence-corrected chi connectivity index (χ3v) is 6.91. The van der Waals surface area contributed by atoms with Crippen molar-refractivity contribution >= 4 is 28.4 Å². The van der Waals surface area contributed by atoms with Gasteiger partial charge in [0.15, 0.2) is 0 Å². The molecule has 5 rings (SSSR count). The summed E-state index contributed by atoms with van der Waals surface area (Å²) in [4.78, 5) is 4.75. The molecule has 4 aromatic rings. The molecular formula is C33H34N2. The van der Waals surface area contributed by atoms with Crippen molar-refractivity contribution in [2.45, 2.75) is 34.1 Å². The summed E-state index contributed by atoms with van der Waals surface area (Å²) < 4.78 is 0. The van der Waals surface area contributed by atoms with Gasteiger partial charge in [0, 0.05) is 40.1 Å². The second kappa shape index (κ2) is 9.46. The lowest BCUT2D eigenvalue weighted by Crippen LogP contribution is -2.35. The molecule has 0 N–H and O–H groups in total. The summed E-state index contributed by atoms with van der Waals surface area (Å²) in [6.45, 7) is 9.18. The quantitative estimate of drug-likeness (QED) is 0.284. The summed E-state index contributed by atoms with van der Waals surface area (Å²) in [6.07, 6.45) is 3.53. The van der Waals surface area contributed by atoms with E-state index in [9.17, 15) is 0 Å². The molecule has 0 fully saturated rings. The van der Waals surface area contributed by atoms with Gasteiger partial charge in [-0.1, -0.05) is 80.9 Å². The summed E-state index contributed by atoms with van der Waals surface area (Å²) in [5.41, 5.74) is 8.75. The zero-order valence-electron chi connectivity index (χ0n) is 21.1. The van der Waals surface area contributed by atoms with E-state index in [1.54, 1.807) is 0 Å². The van der Waals surface area contributed by atoms with Crippen LogP contribution in [0, 0.1) is 18.3 Å². The van der Waals surface area contributed by atoms with Crippen LogP contribution in [-0.4, -0.2) is 0 Å². The molecule has 0 unspecified atom stereocenters. The maximum atomic E-state index is 2.44. The lowest BCUT2D eigenvalue weighted by Gasteiger charge is -2.44. The zero-order chi connectivity index (χ0) is 24.4. The van der Waals surface area contributed by atoms with Gasteiger partial charge in [0.05, 0.1) is 0 Å². The Hall–Kier alpha value is -3.78. The Morgan fingerprint density at radius 2 is 0.943 bits per heavy atom. The van der Waals surface area contributed by atoms with Crippen LogP contribution in [0.1, 0.15) is 32.8 Å². The Kier molecular flexibility index (Phi) is 6.21. The van der Waals surface area contributed by atoms with E-state index < -0.39 is 0 Å². The second-order valence-electron chi connectivity index (χ2n) is 10.5. The normalized spacial score (nSPS) is 15.2. The monoisotopic (exact) mass is 458 g/mol. The summed E-state index contributed by atoms with van der Waals surface area (Å²) in [5, 5.41) is 0. The Labute approximate surface area is 210 Å². The number of rotatable bonds is 6. The maximum absolute atomic E-state index is 2.44. The molecule has 0 spiro atoms. The van der Waals surface area contributed by atoms with Gasteiger partial charge in [-0.2, -0.15) is 0 Å². The highest BCUT2D eigenvalue weighted by Crippen LogP contribution is 2.47. The van der Waals surface area contributed by atoms with E-state index in [-0.39, 0.29) is 5.41 Å². The van der Waals surface area contributed by atoms with Gasteiger partial charge in [0.1, 0.15) is 0 Å². The van der Waals surface area contributed by atoms with Crippen LogP contribution in [0.15, 0.2) is 121 Å². The smallest absolute Gasteiger partial charge is 0.0463 e. The molecule has 0 aliphatic heterocycles. The van der Waals surface area contributed by atoms with Crippen molar-refractivity contribution in [3.05, 3.63) is 127 Å². The third kappa shape index (κ3) is 4.74. The summed E-state index contributed by atoms with van der Waals surface area (Å²) >= 11 is 0. The molecular weight excluding hydrogens is 424 g/mol. The second-order valence-corrected chi connectivity index (χ2v) is 10.5. The predicted molar refractivity (Wildman–Crippen MR) is 150 cm³/mol. The Balaban J connectivity index is 1.55. The molecule has 2 heteroatoms. The average Bonchev–Trinajstić information content (AvgIpc) is 2.83. The molecule has 1 aliphatic carbocycles. The van der Waals surface area contributed by atoms with E-state index in [1.165, 1.54) is 22.6 Å². The number of aryl methyl sites for hydroxylation is 1. The van der Waals surface area contributed by atoms with Crippen LogP contribution in [0.25, 0.3) is 0 Å². The molecule has 0 amide bonds. The summed E-state index contributed by atoms with van der Waals surface area (Å²) in [7, 11) is 0. The number of hydrogen-bond donors (Lipinski definition) is 0. The first-order chi connectivity index (χ1) is 16.9. The standard InChI is InChI=1S/C33H34N2/c1-25-15-17-29(18-16-25)35(32-24-23-31(32)33(2,3)4)30-21-19-28(20-22-30)34(26-11-7-5-8-12-26)27-13-9-6-10-14-27/h5-22,24,31H,23H2,1-4H3/t31-/m1/s1. The fourth-order valence-electron chi connectivity index (χ4n) is 4.88. The van der Waals surface area contributed by atoms with E-state index in [2.05, 4.69) is 153 Å². The molecule has 1 aliphatic rings. The Morgan fingerprint density at radius 3 is 1.34 bits per heavy atom. The van der Waals surface area contributed by atoms with Crippen LogP contribution >= 0.6 is 0 Å². The topological polar surface area (TPSA) is 6.48 Å². The Morgan fingerprint density at radius 1 is 0.543 bits per heavy atom. The molecule has 0 saturated carbocycles. The molecule has 35 heavy (non-hydrogen) atoms. The van der Waals surface area contributed by atoms with Crippen molar-refractivity contribution in [1.82, 2.24) is 0 Å². The fraction of sp³-hybridized carbons (Fsp3) is 0.212. The van der Waals surface area contributed by atoms with E-state index >= 15 is 0 Å². The number of allylic oxidation sites excluding steroid dienone is 2. The lowest BCUT2D eigenvalue weighted by atomic mass is 9.70. The van der Waals surface area contributed by atoms with Crippen LogP contribution < -0.4 is 9.80 Å². The summed E-state index contributed by atoms with van der Waals surface area (Å²) in [6, 6.07) is 39.0. The first-order valence-corrected chi connectivity index (χ1v) is 12.5. The molecule has 0 radical (unpaired) electrons. The molecule has 4 aromatic carbocycles. The van der Waals surface area contributed by atoms with Gasteiger partial charge in [-0.15, -0.1) is 0 Å². The van der Waals surface area contributed by atoms with Gasteiger partial charge in [0.2, 0.25) is 0 Å². The van der Waals surface area contributed by atoms with Crippen molar-refractivity contribution in [3.8, 4) is 0 Å².